The van der Waals surface area contributed by atoms with Crippen LogP contribution in [0.1, 0.15) is 11.7 Å². The zero-order chi connectivity index (χ0) is 11.6. The monoisotopic (exact) mass is 278 g/mol. The van der Waals surface area contributed by atoms with Crippen LogP contribution < -0.4 is 0 Å². The van der Waals surface area contributed by atoms with E-state index in [4.69, 9.17) is 10.2 Å². The normalized spacial score (nSPS) is 14.7. The summed E-state index contributed by atoms with van der Waals surface area (Å²) in [6.45, 7) is 0. The number of aliphatic hydroxyl groups excluding tert-OH is 2. The largest absolute Gasteiger partial charge is 0.479 e. The predicted octanol–water partition coefficient (Wildman–Crippen LogP) is 1.07. The molecule has 4 nitrogen and oxygen atoms in total. The Kier molecular flexibility index (Phi) is 3.78. The lowest BCUT2D eigenvalue weighted by atomic mass is 10.0. The van der Waals surface area contributed by atoms with Crippen molar-refractivity contribution >= 4 is 21.9 Å². The van der Waals surface area contributed by atoms with Crippen LogP contribution in [0.2, 0.25) is 0 Å². The number of halogens is 2. The third-order valence-electron chi connectivity index (χ3n) is 1.83. The topological polar surface area (TPSA) is 77.8 Å². The number of rotatable bonds is 3. The van der Waals surface area contributed by atoms with Gasteiger partial charge in [-0.3, -0.25) is 0 Å². The summed E-state index contributed by atoms with van der Waals surface area (Å²) in [6, 6.07) is 3.35. The maximum Gasteiger partial charge on any atom is 0.335 e. The van der Waals surface area contributed by atoms with E-state index in [0.29, 0.717) is 0 Å². The van der Waals surface area contributed by atoms with E-state index < -0.39 is 24.0 Å². The highest BCUT2D eigenvalue weighted by Gasteiger charge is 2.26. The van der Waals surface area contributed by atoms with Crippen molar-refractivity contribution in [1.29, 1.82) is 0 Å². The second kappa shape index (κ2) is 4.69. The van der Waals surface area contributed by atoms with Gasteiger partial charge >= 0.3 is 5.97 Å². The van der Waals surface area contributed by atoms with E-state index in [1.807, 2.05) is 0 Å². The Hall–Kier alpha value is -0.980. The summed E-state index contributed by atoms with van der Waals surface area (Å²) in [6.07, 6.45) is -3.54. The van der Waals surface area contributed by atoms with Crippen molar-refractivity contribution in [3.05, 3.63) is 34.1 Å². The van der Waals surface area contributed by atoms with Gasteiger partial charge in [-0.25, -0.2) is 9.18 Å². The fraction of sp³-hybridized carbons (Fsp3) is 0.222. The van der Waals surface area contributed by atoms with Gasteiger partial charge in [0.05, 0.1) is 0 Å². The lowest BCUT2D eigenvalue weighted by molar-refractivity contribution is -0.153. The van der Waals surface area contributed by atoms with E-state index in [1.165, 1.54) is 6.07 Å². The average Bonchev–Trinajstić information content (AvgIpc) is 2.15. The minimum atomic E-state index is -1.94. The molecular formula is C9H8BrFO4. The third kappa shape index (κ3) is 2.74. The third-order valence-corrected chi connectivity index (χ3v) is 2.52. The fourth-order valence-electron chi connectivity index (χ4n) is 1.05. The molecule has 0 saturated heterocycles. The van der Waals surface area contributed by atoms with E-state index in [0.717, 1.165) is 12.1 Å². The SMILES string of the molecule is O=C(O)C(O)C(O)c1ccc(F)cc1Br. The molecule has 0 fully saturated rings. The Morgan fingerprint density at radius 3 is 2.47 bits per heavy atom. The van der Waals surface area contributed by atoms with Gasteiger partial charge < -0.3 is 15.3 Å². The standard InChI is InChI=1S/C9H8BrFO4/c10-6-3-4(11)1-2-5(6)7(12)8(13)9(14)15/h1-3,7-8,12-13H,(H,14,15). The van der Waals surface area contributed by atoms with E-state index in [9.17, 15) is 14.3 Å². The minimum absolute atomic E-state index is 0.117. The molecule has 1 aromatic rings. The van der Waals surface area contributed by atoms with Gasteiger partial charge in [-0.2, -0.15) is 0 Å². The molecule has 2 unspecified atom stereocenters. The minimum Gasteiger partial charge on any atom is -0.479 e. The summed E-state index contributed by atoms with van der Waals surface area (Å²) < 4.78 is 12.9. The van der Waals surface area contributed by atoms with Crippen LogP contribution in [0.4, 0.5) is 4.39 Å². The van der Waals surface area contributed by atoms with Crippen molar-refractivity contribution < 1.29 is 24.5 Å². The molecule has 15 heavy (non-hydrogen) atoms. The van der Waals surface area contributed by atoms with E-state index >= 15 is 0 Å². The van der Waals surface area contributed by atoms with Crippen molar-refractivity contribution in [3.8, 4) is 0 Å². The Labute approximate surface area is 93.1 Å². The van der Waals surface area contributed by atoms with Crippen LogP contribution in [0.25, 0.3) is 0 Å². The molecule has 0 radical (unpaired) electrons. The van der Waals surface area contributed by atoms with Crippen molar-refractivity contribution in [2.75, 3.05) is 0 Å². The Morgan fingerprint density at radius 2 is 2.00 bits per heavy atom. The quantitative estimate of drug-likeness (QED) is 0.773. The maximum atomic E-state index is 12.7. The van der Waals surface area contributed by atoms with E-state index in [1.54, 1.807) is 0 Å². The number of carboxylic acid groups (broad SMARTS) is 1. The Balaban J connectivity index is 3.01. The summed E-state index contributed by atoms with van der Waals surface area (Å²) in [7, 11) is 0. The number of hydrogen-bond acceptors (Lipinski definition) is 3. The molecule has 0 bridgehead atoms. The van der Waals surface area contributed by atoms with Crippen LogP contribution in [0.3, 0.4) is 0 Å². The van der Waals surface area contributed by atoms with Gasteiger partial charge in [-0.1, -0.05) is 22.0 Å². The van der Waals surface area contributed by atoms with Gasteiger partial charge in [0.1, 0.15) is 11.9 Å². The molecule has 0 aliphatic rings. The summed E-state index contributed by atoms with van der Waals surface area (Å²) in [4.78, 5) is 10.4. The van der Waals surface area contributed by atoms with Crippen LogP contribution in [0.5, 0.6) is 0 Å². The Bertz CT molecular complexity index is 382. The average molecular weight is 279 g/mol. The lowest BCUT2D eigenvalue weighted by Gasteiger charge is -2.15. The van der Waals surface area contributed by atoms with Gasteiger partial charge in [-0.15, -0.1) is 0 Å². The second-order valence-electron chi connectivity index (χ2n) is 2.89. The number of aliphatic carboxylic acids is 1. The highest BCUT2D eigenvalue weighted by Crippen LogP contribution is 2.26. The van der Waals surface area contributed by atoms with Crippen molar-refractivity contribution in [2.45, 2.75) is 12.2 Å². The first kappa shape index (κ1) is 12.1. The summed E-state index contributed by atoms with van der Waals surface area (Å²) >= 11 is 2.96. The van der Waals surface area contributed by atoms with Crippen molar-refractivity contribution in [3.63, 3.8) is 0 Å². The van der Waals surface area contributed by atoms with Crippen molar-refractivity contribution in [1.82, 2.24) is 0 Å². The van der Waals surface area contributed by atoms with Gasteiger partial charge in [-0.05, 0) is 17.7 Å². The molecular weight excluding hydrogens is 271 g/mol. The van der Waals surface area contributed by atoms with Crippen LogP contribution >= 0.6 is 15.9 Å². The summed E-state index contributed by atoms with van der Waals surface area (Å²) in [5, 5.41) is 27.0. The predicted molar refractivity (Wildman–Crippen MR) is 52.7 cm³/mol. The highest BCUT2D eigenvalue weighted by molar-refractivity contribution is 9.10. The molecule has 0 aliphatic carbocycles. The Morgan fingerprint density at radius 1 is 1.40 bits per heavy atom. The van der Waals surface area contributed by atoms with Crippen LogP contribution in [-0.4, -0.2) is 27.4 Å². The number of benzene rings is 1. The maximum absolute atomic E-state index is 12.7. The number of carbonyl (C=O) groups is 1. The van der Waals surface area contributed by atoms with E-state index in [2.05, 4.69) is 15.9 Å². The first-order chi connectivity index (χ1) is 6.93. The number of hydrogen-bond donors (Lipinski definition) is 3. The zero-order valence-corrected chi connectivity index (χ0v) is 8.98. The second-order valence-corrected chi connectivity index (χ2v) is 3.75. The van der Waals surface area contributed by atoms with Crippen LogP contribution in [0, 0.1) is 5.82 Å². The van der Waals surface area contributed by atoms with Gasteiger partial charge in [0.25, 0.3) is 0 Å². The zero-order valence-electron chi connectivity index (χ0n) is 7.39. The smallest absolute Gasteiger partial charge is 0.335 e. The summed E-state index contributed by atoms with van der Waals surface area (Å²) in [5.41, 5.74) is 0.117. The number of carboxylic acids is 1. The molecule has 0 heterocycles. The first-order valence-corrected chi connectivity index (χ1v) is 4.76. The molecule has 1 aromatic carbocycles. The van der Waals surface area contributed by atoms with Gasteiger partial charge in [0, 0.05) is 4.47 Å². The summed E-state index contributed by atoms with van der Waals surface area (Å²) in [5.74, 6) is -2.07. The number of aliphatic hydroxyl groups is 2. The molecule has 0 aliphatic heterocycles. The van der Waals surface area contributed by atoms with Crippen molar-refractivity contribution in [2.24, 2.45) is 0 Å². The van der Waals surface area contributed by atoms with Crippen LogP contribution in [0.15, 0.2) is 22.7 Å². The first-order valence-electron chi connectivity index (χ1n) is 3.97. The molecule has 0 saturated carbocycles. The molecule has 3 N–H and O–H groups in total. The molecule has 0 aromatic heterocycles. The van der Waals surface area contributed by atoms with Crippen LogP contribution in [-0.2, 0) is 4.79 Å². The molecule has 2 atom stereocenters. The van der Waals surface area contributed by atoms with E-state index in [-0.39, 0.29) is 10.0 Å². The van der Waals surface area contributed by atoms with Gasteiger partial charge in [0.2, 0.25) is 0 Å². The molecule has 1 rings (SSSR count). The fourth-order valence-corrected chi connectivity index (χ4v) is 1.63. The van der Waals surface area contributed by atoms with Gasteiger partial charge in [0.15, 0.2) is 6.10 Å². The molecule has 82 valence electrons. The molecule has 6 heteroatoms. The lowest BCUT2D eigenvalue weighted by Crippen LogP contribution is -2.27. The highest BCUT2D eigenvalue weighted by atomic mass is 79.9. The molecule has 0 amide bonds. The molecule has 0 spiro atoms.